The maximum Gasteiger partial charge on any atom is 0.132 e. The predicted octanol–water partition coefficient (Wildman–Crippen LogP) is 8.89. The molecule has 1 aromatic rings. The van der Waals surface area contributed by atoms with Crippen LogP contribution in [0.3, 0.4) is 0 Å². The molecule has 0 spiro atoms. The van der Waals surface area contributed by atoms with Crippen molar-refractivity contribution in [3.63, 3.8) is 0 Å². The Kier molecular flexibility index (Phi) is 10.6. The van der Waals surface area contributed by atoms with Gasteiger partial charge in [-0.15, -0.1) is 0 Å². The Hall–Kier alpha value is -1.35. The van der Waals surface area contributed by atoms with Gasteiger partial charge in [0.05, 0.1) is 6.10 Å². The van der Waals surface area contributed by atoms with Crippen molar-refractivity contribution in [1.29, 1.82) is 0 Å². The Morgan fingerprint density at radius 3 is 2.32 bits per heavy atom. The van der Waals surface area contributed by atoms with E-state index in [1.807, 2.05) is 12.1 Å². The van der Waals surface area contributed by atoms with Gasteiger partial charge in [-0.3, -0.25) is 4.79 Å². The van der Waals surface area contributed by atoms with Gasteiger partial charge in [0.1, 0.15) is 11.5 Å². The summed E-state index contributed by atoms with van der Waals surface area (Å²) in [6.45, 7) is 4.61. The fraction of sp³-hybridized carbons (Fsp3) is 0.794. The van der Waals surface area contributed by atoms with Gasteiger partial charge in [0.15, 0.2) is 0 Å². The number of carbonyl (C=O) groups is 1. The van der Waals surface area contributed by atoms with Crippen LogP contribution in [0.2, 0.25) is 0 Å². The number of Topliss-reactive ketones (excluding diaryl/α,β-unsaturated/α-hetero) is 1. The van der Waals surface area contributed by atoms with Crippen LogP contribution in [-0.4, -0.2) is 22.1 Å². The second-order valence-electron chi connectivity index (χ2n) is 13.1. The first kappa shape index (κ1) is 28.7. The van der Waals surface area contributed by atoms with Gasteiger partial charge in [0.2, 0.25) is 0 Å². The zero-order valence-electron chi connectivity index (χ0n) is 23.9. The largest absolute Gasteiger partial charge is 0.508 e. The van der Waals surface area contributed by atoms with E-state index in [9.17, 15) is 15.0 Å². The van der Waals surface area contributed by atoms with Crippen LogP contribution in [-0.2, 0) is 11.2 Å². The number of carbonyl (C=O) groups excluding carboxylic acids is 1. The summed E-state index contributed by atoms with van der Waals surface area (Å²) in [6, 6.07) is 6.05. The van der Waals surface area contributed by atoms with E-state index in [4.69, 9.17) is 0 Å². The predicted molar refractivity (Wildman–Crippen MR) is 153 cm³/mol. The number of hydrogen-bond acceptors (Lipinski definition) is 3. The summed E-state index contributed by atoms with van der Waals surface area (Å²) in [5.41, 5.74) is 2.87. The zero-order valence-corrected chi connectivity index (χ0v) is 23.9. The lowest BCUT2D eigenvalue weighted by molar-refractivity contribution is -0.119. The number of ketones is 1. The minimum Gasteiger partial charge on any atom is -0.508 e. The second kappa shape index (κ2) is 13.6. The normalized spacial score (nSPS) is 30.5. The van der Waals surface area contributed by atoms with Crippen molar-refractivity contribution in [3.05, 3.63) is 29.3 Å². The summed E-state index contributed by atoms with van der Waals surface area (Å²) in [5, 5.41) is 21.0. The van der Waals surface area contributed by atoms with Gasteiger partial charge < -0.3 is 10.2 Å². The molecular weight excluding hydrogens is 456 g/mol. The molecule has 2 N–H and O–H groups in total. The van der Waals surface area contributed by atoms with Crippen LogP contribution in [0.1, 0.15) is 146 Å². The third-order valence-electron chi connectivity index (χ3n) is 10.7. The van der Waals surface area contributed by atoms with Crippen LogP contribution in [0.5, 0.6) is 5.75 Å². The molecule has 6 atom stereocenters. The molecule has 3 nitrogen and oxygen atoms in total. The summed E-state index contributed by atoms with van der Waals surface area (Å²) in [7, 11) is 0. The van der Waals surface area contributed by atoms with Gasteiger partial charge in [0.25, 0.3) is 0 Å². The van der Waals surface area contributed by atoms with Crippen LogP contribution in [0.15, 0.2) is 18.2 Å². The van der Waals surface area contributed by atoms with E-state index in [0.29, 0.717) is 35.2 Å². The second-order valence-corrected chi connectivity index (χ2v) is 13.1. The van der Waals surface area contributed by atoms with Crippen molar-refractivity contribution in [1.82, 2.24) is 0 Å². The van der Waals surface area contributed by atoms with Gasteiger partial charge in [0, 0.05) is 12.8 Å². The molecule has 0 aromatic heterocycles. The molecule has 0 aliphatic heterocycles. The van der Waals surface area contributed by atoms with Crippen molar-refractivity contribution in [2.45, 2.75) is 148 Å². The molecule has 37 heavy (non-hydrogen) atoms. The molecule has 0 heterocycles. The highest BCUT2D eigenvalue weighted by atomic mass is 16.3. The van der Waals surface area contributed by atoms with Crippen molar-refractivity contribution >= 4 is 5.78 Å². The van der Waals surface area contributed by atoms with Crippen LogP contribution in [0, 0.1) is 23.2 Å². The van der Waals surface area contributed by atoms with Crippen LogP contribution >= 0.6 is 0 Å². The molecule has 4 rings (SSSR count). The quantitative estimate of drug-likeness (QED) is 0.232. The molecule has 0 unspecified atom stereocenters. The molecule has 208 valence electrons. The summed E-state index contributed by atoms with van der Waals surface area (Å²) in [5.74, 6) is 3.23. The molecule has 2 saturated carbocycles. The fourth-order valence-electron chi connectivity index (χ4n) is 8.52. The minimum atomic E-state index is -0.154. The first-order chi connectivity index (χ1) is 17.9. The minimum absolute atomic E-state index is 0.0688. The van der Waals surface area contributed by atoms with E-state index in [1.165, 1.54) is 68.9 Å². The van der Waals surface area contributed by atoms with Crippen molar-refractivity contribution in [3.8, 4) is 5.75 Å². The van der Waals surface area contributed by atoms with E-state index < -0.39 is 0 Å². The Balaban J connectivity index is 1.22. The van der Waals surface area contributed by atoms with E-state index in [0.717, 1.165) is 64.2 Å². The molecule has 3 heteroatoms. The summed E-state index contributed by atoms with van der Waals surface area (Å²) in [6.07, 6.45) is 21.8. The number of aliphatic hydroxyl groups is 1. The number of benzene rings is 1. The van der Waals surface area contributed by atoms with Gasteiger partial charge in [-0.2, -0.15) is 0 Å². The Morgan fingerprint density at radius 2 is 1.59 bits per heavy atom. The molecule has 3 aliphatic carbocycles. The lowest BCUT2D eigenvalue weighted by atomic mass is 9.52. The van der Waals surface area contributed by atoms with Crippen LogP contribution in [0.25, 0.3) is 0 Å². The first-order valence-electron chi connectivity index (χ1n) is 16.0. The molecule has 0 radical (unpaired) electrons. The molecular formula is C34H54O3. The number of aliphatic hydroxyl groups excluding tert-OH is 1. The standard InChI is InChI=1S/C34H54O3/c1-3-4-5-6-7-8-9-10-11-15-27(35)16-13-12-14-25-23-26-24-28(36)17-18-29(26)30-21-22-34(2)31(33(25)30)19-20-32(34)37/h17-18,24-25,30-33,36-37H,3-16,19-23H2,1-2H3/t25-,30-,31+,32+,33-,34+/m1/s1. The number of unbranched alkanes of at least 4 members (excludes halogenated alkanes) is 9. The molecule has 3 aliphatic rings. The fourth-order valence-corrected chi connectivity index (χ4v) is 8.52. The molecule has 0 bridgehead atoms. The molecule has 2 fully saturated rings. The van der Waals surface area contributed by atoms with Crippen LogP contribution in [0.4, 0.5) is 0 Å². The summed E-state index contributed by atoms with van der Waals surface area (Å²) in [4.78, 5) is 12.5. The maximum absolute atomic E-state index is 12.5. The Morgan fingerprint density at radius 1 is 0.919 bits per heavy atom. The first-order valence-corrected chi connectivity index (χ1v) is 16.0. The highest BCUT2D eigenvalue weighted by Crippen LogP contribution is 2.62. The van der Waals surface area contributed by atoms with E-state index >= 15 is 0 Å². The summed E-state index contributed by atoms with van der Waals surface area (Å²) < 4.78 is 0. The SMILES string of the molecule is CCCCCCCCCCCC(=O)CCCC[C@@H]1Cc2cc(O)ccc2[C@H]2CC[C@]3(C)[C@@H](O)CC[C@H]3[C@H]12. The summed E-state index contributed by atoms with van der Waals surface area (Å²) >= 11 is 0. The number of aromatic hydroxyl groups is 1. The Labute approximate surface area is 226 Å². The van der Waals surface area contributed by atoms with Crippen molar-refractivity contribution in [2.24, 2.45) is 23.2 Å². The number of hydrogen-bond donors (Lipinski definition) is 2. The topological polar surface area (TPSA) is 57.5 Å². The lowest BCUT2D eigenvalue weighted by Gasteiger charge is -2.53. The smallest absolute Gasteiger partial charge is 0.132 e. The average molecular weight is 511 g/mol. The van der Waals surface area contributed by atoms with Crippen LogP contribution < -0.4 is 0 Å². The molecule has 0 saturated heterocycles. The lowest BCUT2D eigenvalue weighted by Crippen LogP contribution is -2.47. The van der Waals surface area contributed by atoms with Crippen molar-refractivity contribution in [2.75, 3.05) is 0 Å². The van der Waals surface area contributed by atoms with Crippen molar-refractivity contribution < 1.29 is 15.0 Å². The third kappa shape index (κ3) is 7.00. The van der Waals surface area contributed by atoms with Gasteiger partial charge >= 0.3 is 0 Å². The van der Waals surface area contributed by atoms with Gasteiger partial charge in [-0.1, -0.05) is 77.7 Å². The highest BCUT2D eigenvalue weighted by molar-refractivity contribution is 5.78. The molecule has 1 aromatic carbocycles. The zero-order chi connectivity index (χ0) is 26.3. The molecule has 0 amide bonds. The third-order valence-corrected chi connectivity index (χ3v) is 10.7. The van der Waals surface area contributed by atoms with Gasteiger partial charge in [-0.05, 0) is 104 Å². The number of phenolic OH excluding ortho intramolecular Hbond substituents is 1. The number of rotatable bonds is 15. The number of phenols is 1. The van der Waals surface area contributed by atoms with E-state index in [1.54, 1.807) is 0 Å². The monoisotopic (exact) mass is 510 g/mol. The van der Waals surface area contributed by atoms with Gasteiger partial charge in [-0.25, -0.2) is 0 Å². The maximum atomic E-state index is 12.5. The van der Waals surface area contributed by atoms with E-state index in [-0.39, 0.29) is 11.5 Å². The highest BCUT2D eigenvalue weighted by Gasteiger charge is 2.56. The van der Waals surface area contributed by atoms with E-state index in [2.05, 4.69) is 19.9 Å². The number of fused-ring (bicyclic) bond motifs is 5. The average Bonchev–Trinajstić information content (AvgIpc) is 3.19. The Bertz CT molecular complexity index is 863.